The van der Waals surface area contributed by atoms with Crippen molar-refractivity contribution in [2.45, 2.75) is 44.8 Å². The average Bonchev–Trinajstić information content (AvgIpc) is 3.08. The zero-order chi connectivity index (χ0) is 17.5. The summed E-state index contributed by atoms with van der Waals surface area (Å²) in [5, 5.41) is 9.25. The number of piperidine rings is 1. The molecule has 1 unspecified atom stereocenters. The van der Waals surface area contributed by atoms with Gasteiger partial charge in [0.15, 0.2) is 5.96 Å². The number of hydrogen-bond donors (Lipinski definition) is 2. The maximum atomic E-state index is 4.41. The van der Waals surface area contributed by atoms with E-state index in [0.29, 0.717) is 18.1 Å². The van der Waals surface area contributed by atoms with Crippen LogP contribution in [0.3, 0.4) is 0 Å². The van der Waals surface area contributed by atoms with E-state index < -0.39 is 0 Å². The second-order valence-electron chi connectivity index (χ2n) is 7.00. The second-order valence-corrected chi connectivity index (χ2v) is 7.98. The molecule has 0 amide bonds. The van der Waals surface area contributed by atoms with Gasteiger partial charge in [0.25, 0.3) is 0 Å². The summed E-state index contributed by atoms with van der Waals surface area (Å²) in [5.41, 5.74) is 0. The minimum atomic E-state index is 0. The molecule has 1 fully saturated rings. The number of likely N-dealkylation sites (tertiary alicyclic amines) is 1. The third-order valence-corrected chi connectivity index (χ3v) is 5.76. The van der Waals surface area contributed by atoms with E-state index in [1.165, 1.54) is 30.8 Å². The van der Waals surface area contributed by atoms with E-state index in [2.05, 4.69) is 70.9 Å². The molecule has 1 aliphatic heterocycles. The molecular weight excluding hydrogens is 445 g/mol. The van der Waals surface area contributed by atoms with Crippen LogP contribution in [0.2, 0.25) is 0 Å². The number of likely N-dealkylation sites (N-methyl/N-ethyl adjacent to an activating group) is 1. The first-order valence-corrected chi connectivity index (χ1v) is 9.80. The van der Waals surface area contributed by atoms with Crippen molar-refractivity contribution >= 4 is 41.3 Å². The van der Waals surface area contributed by atoms with Gasteiger partial charge in [0.1, 0.15) is 0 Å². The molecule has 1 aliphatic rings. The lowest BCUT2D eigenvalue weighted by atomic mass is 10.0. The van der Waals surface area contributed by atoms with Crippen molar-refractivity contribution in [2.75, 3.05) is 40.8 Å². The van der Waals surface area contributed by atoms with Gasteiger partial charge < -0.3 is 20.4 Å². The van der Waals surface area contributed by atoms with E-state index in [-0.39, 0.29) is 24.0 Å². The van der Waals surface area contributed by atoms with Crippen LogP contribution in [0.25, 0.3) is 0 Å². The Bertz CT molecular complexity index is 496. The van der Waals surface area contributed by atoms with Gasteiger partial charge in [-0.3, -0.25) is 4.99 Å². The lowest BCUT2D eigenvalue weighted by Gasteiger charge is -2.35. The van der Waals surface area contributed by atoms with Gasteiger partial charge in [0.2, 0.25) is 0 Å². The molecule has 1 aromatic heterocycles. The maximum absolute atomic E-state index is 4.41. The van der Waals surface area contributed by atoms with Gasteiger partial charge in [-0.1, -0.05) is 6.07 Å². The highest BCUT2D eigenvalue weighted by Crippen LogP contribution is 2.22. The Morgan fingerprint density at radius 2 is 2.04 bits per heavy atom. The van der Waals surface area contributed by atoms with Crippen LogP contribution in [-0.2, 0) is 0 Å². The highest BCUT2D eigenvalue weighted by Gasteiger charge is 2.22. The van der Waals surface area contributed by atoms with E-state index in [4.69, 9.17) is 0 Å². The molecule has 2 N–H and O–H groups in total. The summed E-state index contributed by atoms with van der Waals surface area (Å²) in [6.45, 7) is 7.75. The monoisotopic (exact) mass is 479 g/mol. The van der Waals surface area contributed by atoms with E-state index in [9.17, 15) is 0 Å². The first kappa shape index (κ1) is 22.7. The van der Waals surface area contributed by atoms with Gasteiger partial charge in [-0.05, 0) is 52.2 Å². The predicted molar refractivity (Wildman–Crippen MR) is 120 cm³/mol. The van der Waals surface area contributed by atoms with Crippen molar-refractivity contribution in [1.29, 1.82) is 0 Å². The summed E-state index contributed by atoms with van der Waals surface area (Å²) in [6, 6.07) is 5.85. The highest BCUT2D eigenvalue weighted by molar-refractivity contribution is 14.0. The zero-order valence-electron chi connectivity index (χ0n) is 16.2. The van der Waals surface area contributed by atoms with Gasteiger partial charge in [-0.2, -0.15) is 0 Å². The number of nitrogens with one attached hydrogen (secondary N) is 2. The topological polar surface area (TPSA) is 42.9 Å². The quantitative estimate of drug-likeness (QED) is 0.374. The fraction of sp³-hybridized carbons (Fsp3) is 0.722. The largest absolute Gasteiger partial charge is 0.354 e. The molecule has 0 bridgehead atoms. The van der Waals surface area contributed by atoms with Crippen LogP contribution in [0.15, 0.2) is 22.5 Å². The molecule has 2 rings (SSSR count). The van der Waals surface area contributed by atoms with E-state index in [0.717, 1.165) is 12.5 Å². The van der Waals surface area contributed by atoms with E-state index >= 15 is 0 Å². The summed E-state index contributed by atoms with van der Waals surface area (Å²) in [7, 11) is 6.11. The molecule has 7 heteroatoms. The summed E-state index contributed by atoms with van der Waals surface area (Å²) >= 11 is 1.81. The van der Waals surface area contributed by atoms with Crippen molar-refractivity contribution in [3.05, 3.63) is 22.4 Å². The van der Waals surface area contributed by atoms with Crippen molar-refractivity contribution in [3.8, 4) is 0 Å². The zero-order valence-corrected chi connectivity index (χ0v) is 19.3. The first-order chi connectivity index (χ1) is 11.5. The van der Waals surface area contributed by atoms with Crippen LogP contribution in [0.1, 0.15) is 37.6 Å². The summed E-state index contributed by atoms with van der Waals surface area (Å²) in [4.78, 5) is 10.6. The SMILES string of the molecule is CN=C(NCC(c1cccs1)N(C)C)NC1CCN(C(C)C)CC1.I. The molecule has 0 aromatic carbocycles. The fourth-order valence-electron chi connectivity index (χ4n) is 3.16. The van der Waals surface area contributed by atoms with Gasteiger partial charge >= 0.3 is 0 Å². The molecule has 1 atom stereocenters. The molecule has 1 aromatic rings. The molecule has 5 nitrogen and oxygen atoms in total. The van der Waals surface area contributed by atoms with Crippen molar-refractivity contribution in [1.82, 2.24) is 20.4 Å². The Kier molecular flexibility index (Phi) is 10.3. The van der Waals surface area contributed by atoms with Crippen molar-refractivity contribution in [2.24, 2.45) is 4.99 Å². The van der Waals surface area contributed by atoms with Crippen LogP contribution < -0.4 is 10.6 Å². The van der Waals surface area contributed by atoms with Gasteiger partial charge in [0, 0.05) is 43.6 Å². The molecule has 25 heavy (non-hydrogen) atoms. The van der Waals surface area contributed by atoms with Crippen LogP contribution in [0.4, 0.5) is 0 Å². The lowest BCUT2D eigenvalue weighted by molar-refractivity contribution is 0.167. The Balaban J connectivity index is 0.00000312. The number of hydrogen-bond acceptors (Lipinski definition) is 4. The number of thiophene rings is 1. The predicted octanol–water partition coefficient (Wildman–Crippen LogP) is 3.01. The first-order valence-electron chi connectivity index (χ1n) is 8.92. The molecule has 1 saturated heterocycles. The van der Waals surface area contributed by atoms with Crippen LogP contribution in [0.5, 0.6) is 0 Å². The lowest BCUT2D eigenvalue weighted by Crippen LogP contribution is -2.50. The third kappa shape index (κ3) is 7.03. The van der Waals surface area contributed by atoms with Gasteiger partial charge in [0.05, 0.1) is 6.04 Å². The molecule has 0 saturated carbocycles. The highest BCUT2D eigenvalue weighted by atomic mass is 127. The molecule has 0 spiro atoms. The van der Waals surface area contributed by atoms with E-state index in [1.807, 2.05) is 18.4 Å². The van der Waals surface area contributed by atoms with Gasteiger partial charge in [-0.25, -0.2) is 0 Å². The summed E-state index contributed by atoms with van der Waals surface area (Å²) in [6.07, 6.45) is 2.36. The Hall–Kier alpha value is -0.380. The normalized spacial score (nSPS) is 18.3. The van der Waals surface area contributed by atoms with Crippen LogP contribution >= 0.6 is 35.3 Å². The van der Waals surface area contributed by atoms with Crippen molar-refractivity contribution in [3.63, 3.8) is 0 Å². The van der Waals surface area contributed by atoms with E-state index in [1.54, 1.807) is 0 Å². The Morgan fingerprint density at radius 1 is 1.36 bits per heavy atom. The standard InChI is InChI=1S/C18H33N5S.HI/c1-14(2)23-10-8-15(9-11-23)21-18(19-3)20-13-16(22(4)5)17-7-6-12-24-17;/h6-7,12,14-16H,8-11,13H2,1-5H3,(H2,19,20,21);1H. The van der Waals surface area contributed by atoms with Crippen molar-refractivity contribution < 1.29 is 0 Å². The fourth-order valence-corrected chi connectivity index (χ4v) is 4.08. The van der Waals surface area contributed by atoms with Crippen LogP contribution in [0, 0.1) is 0 Å². The maximum Gasteiger partial charge on any atom is 0.191 e. The average molecular weight is 479 g/mol. The number of guanidine groups is 1. The smallest absolute Gasteiger partial charge is 0.191 e. The minimum absolute atomic E-state index is 0. The number of rotatable bonds is 6. The summed E-state index contributed by atoms with van der Waals surface area (Å²) < 4.78 is 0. The second kappa shape index (κ2) is 11.4. The Labute approximate surface area is 174 Å². The Morgan fingerprint density at radius 3 is 2.52 bits per heavy atom. The number of aliphatic imine (C=N–C) groups is 1. The van der Waals surface area contributed by atoms with Gasteiger partial charge in [-0.15, -0.1) is 35.3 Å². The number of nitrogens with zero attached hydrogens (tertiary/aromatic N) is 3. The summed E-state index contributed by atoms with van der Waals surface area (Å²) in [5.74, 6) is 0.918. The molecule has 144 valence electrons. The van der Waals surface area contributed by atoms with Crippen LogP contribution in [-0.4, -0.2) is 68.6 Å². The number of halogens is 1. The minimum Gasteiger partial charge on any atom is -0.354 e. The molecule has 2 heterocycles. The molecule has 0 aliphatic carbocycles. The molecular formula is C18H34IN5S. The third-order valence-electron chi connectivity index (χ3n) is 4.78. The molecule has 0 radical (unpaired) electrons.